The molecule has 0 unspecified atom stereocenters. The van der Waals surface area contributed by atoms with Crippen LogP contribution in [0.15, 0.2) is 36.4 Å². The topological polar surface area (TPSA) is 0 Å². The first-order chi connectivity index (χ1) is 10.3. The quantitative estimate of drug-likeness (QED) is 0.646. The third-order valence-corrected chi connectivity index (χ3v) is 5.02. The third kappa shape index (κ3) is 3.05. The van der Waals surface area contributed by atoms with Gasteiger partial charge in [0.05, 0.1) is 0 Å². The van der Waals surface area contributed by atoms with Crippen molar-refractivity contribution in [3.05, 3.63) is 69.8 Å². The van der Waals surface area contributed by atoms with Crippen LogP contribution in [0.3, 0.4) is 0 Å². The van der Waals surface area contributed by atoms with Gasteiger partial charge in [0.1, 0.15) is 0 Å². The van der Waals surface area contributed by atoms with Crippen LogP contribution in [0.5, 0.6) is 0 Å². The van der Waals surface area contributed by atoms with Gasteiger partial charge in [-0.1, -0.05) is 36.4 Å². The molecule has 5 rings (SSSR count). The molecule has 21 heavy (non-hydrogen) atoms. The van der Waals surface area contributed by atoms with Crippen LogP contribution in [0.4, 0.5) is 0 Å². The summed E-state index contributed by atoms with van der Waals surface area (Å²) in [7, 11) is 0. The Morgan fingerprint density at radius 2 is 0.524 bits per heavy atom. The molecule has 0 aromatic heterocycles. The van der Waals surface area contributed by atoms with Crippen molar-refractivity contribution in [2.75, 3.05) is 0 Å². The zero-order chi connectivity index (χ0) is 14.1. The molecule has 0 saturated heterocycles. The minimum absolute atomic E-state index is 1.24. The molecule has 0 fully saturated rings. The summed E-state index contributed by atoms with van der Waals surface area (Å²) in [5, 5.41) is 0. The summed E-state index contributed by atoms with van der Waals surface area (Å²) < 4.78 is 0. The Labute approximate surface area is 128 Å². The Morgan fingerprint density at radius 1 is 0.333 bits per heavy atom. The lowest BCUT2D eigenvalue weighted by atomic mass is 9.90. The third-order valence-electron chi connectivity index (χ3n) is 5.02. The summed E-state index contributed by atoms with van der Waals surface area (Å²) in [6.45, 7) is 0. The van der Waals surface area contributed by atoms with Crippen molar-refractivity contribution >= 4 is 0 Å². The van der Waals surface area contributed by atoms with Gasteiger partial charge >= 0.3 is 0 Å². The molecule has 0 amide bonds. The molecule has 0 saturated carbocycles. The van der Waals surface area contributed by atoms with Crippen LogP contribution in [0.1, 0.15) is 52.6 Å². The maximum Gasteiger partial charge on any atom is -0.0276 e. The largest absolute Gasteiger partial charge is 0.0558 e. The lowest BCUT2D eigenvalue weighted by Gasteiger charge is -2.16. The van der Waals surface area contributed by atoms with Gasteiger partial charge in [-0.3, -0.25) is 0 Å². The van der Waals surface area contributed by atoms with Gasteiger partial charge in [-0.2, -0.15) is 0 Å². The van der Waals surface area contributed by atoms with Gasteiger partial charge < -0.3 is 0 Å². The summed E-state index contributed by atoms with van der Waals surface area (Å²) in [6, 6.07) is 14.8. The van der Waals surface area contributed by atoms with E-state index in [2.05, 4.69) is 36.4 Å². The van der Waals surface area contributed by atoms with E-state index < -0.39 is 0 Å². The fourth-order valence-corrected chi connectivity index (χ4v) is 4.03. The molecule has 0 nitrogen and oxygen atoms in total. The lowest BCUT2D eigenvalue weighted by Crippen LogP contribution is -2.03. The maximum atomic E-state index is 2.47. The summed E-state index contributed by atoms with van der Waals surface area (Å²) in [4.78, 5) is 0. The molecule has 0 N–H and O–H groups in total. The van der Waals surface area contributed by atoms with Gasteiger partial charge in [0.15, 0.2) is 0 Å². The van der Waals surface area contributed by atoms with E-state index in [0.717, 1.165) is 0 Å². The van der Waals surface area contributed by atoms with E-state index in [9.17, 15) is 0 Å². The highest BCUT2D eigenvalue weighted by Gasteiger charge is 2.09. The molecule has 0 aliphatic heterocycles. The lowest BCUT2D eigenvalue weighted by molar-refractivity contribution is 0.761. The Kier molecular flexibility index (Phi) is 3.55. The molecule has 3 aliphatic rings. The first-order valence-electron chi connectivity index (χ1n) is 8.59. The molecule has 3 aliphatic carbocycles. The van der Waals surface area contributed by atoms with Gasteiger partial charge in [-0.15, -0.1) is 0 Å². The van der Waals surface area contributed by atoms with E-state index in [1.807, 2.05) is 0 Å². The van der Waals surface area contributed by atoms with Crippen LogP contribution in [-0.4, -0.2) is 0 Å². The van der Waals surface area contributed by atoms with E-state index in [4.69, 9.17) is 0 Å². The van der Waals surface area contributed by atoms with Gasteiger partial charge in [0.2, 0.25) is 0 Å². The summed E-state index contributed by atoms with van der Waals surface area (Å²) in [6.07, 6.45) is 11.3. The van der Waals surface area contributed by atoms with E-state index in [1.54, 1.807) is 33.4 Å². The maximum absolute atomic E-state index is 2.47. The highest BCUT2D eigenvalue weighted by Crippen LogP contribution is 2.23. The number of benzene rings is 2. The monoisotopic (exact) mass is 276 g/mol. The van der Waals surface area contributed by atoms with Crippen LogP contribution in [0.25, 0.3) is 0 Å². The van der Waals surface area contributed by atoms with E-state index >= 15 is 0 Å². The Morgan fingerprint density at radius 3 is 0.714 bits per heavy atom. The molecule has 2 aromatic carbocycles. The Hall–Kier alpha value is -1.56. The predicted octanol–water partition coefficient (Wildman–Crippen LogP) is 4.84. The van der Waals surface area contributed by atoms with Gasteiger partial charge in [0.25, 0.3) is 0 Å². The smallest absolute Gasteiger partial charge is 0.0276 e. The van der Waals surface area contributed by atoms with Crippen molar-refractivity contribution in [2.45, 2.75) is 57.8 Å². The predicted molar refractivity (Wildman–Crippen MR) is 89.0 cm³/mol. The van der Waals surface area contributed by atoms with Crippen molar-refractivity contribution in [3.8, 4) is 0 Å². The van der Waals surface area contributed by atoms with Crippen LogP contribution < -0.4 is 0 Å². The average molecular weight is 276 g/mol. The minimum Gasteiger partial charge on any atom is -0.0558 e. The van der Waals surface area contributed by atoms with E-state index in [1.165, 1.54) is 57.8 Å². The van der Waals surface area contributed by atoms with Crippen LogP contribution in [0.2, 0.25) is 0 Å². The molecule has 2 aromatic rings. The van der Waals surface area contributed by atoms with Gasteiger partial charge in [-0.25, -0.2) is 0 Å². The zero-order valence-electron chi connectivity index (χ0n) is 12.8. The van der Waals surface area contributed by atoms with Crippen LogP contribution in [-0.2, 0) is 38.5 Å². The standard InChI is InChI=1S/C21H24/c1-4-16-10-18-6-2-7-19-11-17(5-1)13-21(15-19)9-3-8-20(12-16)14-18/h10-15H,1-9H2. The van der Waals surface area contributed by atoms with Crippen molar-refractivity contribution in [1.82, 2.24) is 0 Å². The summed E-state index contributed by atoms with van der Waals surface area (Å²) >= 11 is 0. The second-order valence-corrected chi connectivity index (χ2v) is 6.88. The molecular weight excluding hydrogens is 252 g/mol. The second kappa shape index (κ2) is 5.67. The molecule has 0 radical (unpaired) electrons. The van der Waals surface area contributed by atoms with E-state index in [0.29, 0.717) is 0 Å². The highest BCUT2D eigenvalue weighted by molar-refractivity contribution is 5.34. The molecule has 0 heterocycles. The normalized spacial score (nSPS) is 17.7. The summed E-state index contributed by atoms with van der Waals surface area (Å²) in [5.41, 5.74) is 9.42. The number of aryl methyl sites for hydroxylation is 6. The molecule has 0 heteroatoms. The molecular formula is C21H24. The van der Waals surface area contributed by atoms with Crippen molar-refractivity contribution in [3.63, 3.8) is 0 Å². The number of rotatable bonds is 0. The fourth-order valence-electron chi connectivity index (χ4n) is 4.03. The molecule has 6 bridgehead atoms. The highest BCUT2D eigenvalue weighted by atomic mass is 14.1. The Bertz CT molecular complexity index is 480. The summed E-state index contributed by atoms with van der Waals surface area (Å²) in [5.74, 6) is 0. The van der Waals surface area contributed by atoms with Crippen LogP contribution >= 0.6 is 0 Å². The van der Waals surface area contributed by atoms with E-state index in [-0.39, 0.29) is 0 Å². The first-order valence-corrected chi connectivity index (χ1v) is 8.59. The second-order valence-electron chi connectivity index (χ2n) is 6.88. The zero-order valence-corrected chi connectivity index (χ0v) is 12.8. The minimum atomic E-state index is 1.24. The number of fused-ring (bicyclic) bond motifs is 6. The van der Waals surface area contributed by atoms with Gasteiger partial charge in [0, 0.05) is 0 Å². The number of hydrogen-bond donors (Lipinski definition) is 0. The molecule has 108 valence electrons. The van der Waals surface area contributed by atoms with Gasteiger partial charge in [-0.05, 0) is 91.2 Å². The number of hydrogen-bond acceptors (Lipinski definition) is 0. The average Bonchev–Trinajstić information content (AvgIpc) is 2.45. The first kappa shape index (κ1) is 13.1. The van der Waals surface area contributed by atoms with Crippen LogP contribution in [0, 0.1) is 0 Å². The van der Waals surface area contributed by atoms with Crippen molar-refractivity contribution < 1.29 is 0 Å². The molecule has 0 atom stereocenters. The Balaban J connectivity index is 1.80. The molecule has 0 spiro atoms. The SMILES string of the molecule is c1c2cc3cc1CCCc1cc(cc(c1)CCC3)CCC2. The fraction of sp³-hybridized carbons (Fsp3) is 0.429. The van der Waals surface area contributed by atoms with Crippen molar-refractivity contribution in [2.24, 2.45) is 0 Å². The van der Waals surface area contributed by atoms with Crippen molar-refractivity contribution in [1.29, 1.82) is 0 Å².